The number of benzene rings is 3. The number of carboxylic acid groups (broad SMARTS) is 1. The number of carbonyl (C=O) groups is 2. The SMILES string of the molecule is CCc1cc2c(cc1CC)CC(NCC(O)c1ccc(O)c3c1C=C[C@H](c1ccccc1C(=O)NCC(=O)O)N3)C2. The Labute approximate surface area is 240 Å². The highest BCUT2D eigenvalue weighted by Gasteiger charge is 2.27. The van der Waals surface area contributed by atoms with Gasteiger partial charge in [0.2, 0.25) is 0 Å². The minimum atomic E-state index is -1.13. The van der Waals surface area contributed by atoms with Crippen LogP contribution in [0.5, 0.6) is 5.75 Å². The van der Waals surface area contributed by atoms with Gasteiger partial charge in [0.05, 0.1) is 17.8 Å². The summed E-state index contributed by atoms with van der Waals surface area (Å²) in [7, 11) is 0. The van der Waals surface area contributed by atoms with Gasteiger partial charge in [0.15, 0.2) is 0 Å². The molecule has 3 aromatic rings. The first-order valence-electron chi connectivity index (χ1n) is 14.2. The number of aliphatic hydroxyl groups excluding tert-OH is 1. The van der Waals surface area contributed by atoms with E-state index in [0.29, 0.717) is 34.5 Å². The molecule has 3 aromatic carbocycles. The molecule has 0 bridgehead atoms. The zero-order valence-corrected chi connectivity index (χ0v) is 23.4. The third-order valence-electron chi connectivity index (χ3n) is 8.13. The van der Waals surface area contributed by atoms with Crippen molar-refractivity contribution in [2.75, 3.05) is 18.4 Å². The molecule has 0 saturated heterocycles. The fourth-order valence-electron chi connectivity index (χ4n) is 6.01. The second kappa shape index (κ2) is 12.2. The van der Waals surface area contributed by atoms with Gasteiger partial charge in [-0.15, -0.1) is 0 Å². The van der Waals surface area contributed by atoms with Crippen molar-refractivity contribution < 1.29 is 24.9 Å². The number of phenols is 1. The summed E-state index contributed by atoms with van der Waals surface area (Å²) in [6.07, 6.45) is 6.88. The number of carbonyl (C=O) groups excluding carboxylic acids is 1. The maximum Gasteiger partial charge on any atom is 0.322 e. The van der Waals surface area contributed by atoms with Crippen molar-refractivity contribution in [3.8, 4) is 5.75 Å². The van der Waals surface area contributed by atoms with E-state index < -0.39 is 30.6 Å². The summed E-state index contributed by atoms with van der Waals surface area (Å²) in [6, 6.07) is 14.8. The molecule has 0 aromatic heterocycles. The summed E-state index contributed by atoms with van der Waals surface area (Å²) >= 11 is 0. The number of aliphatic carboxylic acids is 1. The van der Waals surface area contributed by atoms with Gasteiger partial charge in [-0.05, 0) is 71.2 Å². The highest BCUT2D eigenvalue weighted by atomic mass is 16.4. The Morgan fingerprint density at radius 2 is 1.71 bits per heavy atom. The van der Waals surface area contributed by atoms with E-state index in [4.69, 9.17) is 5.11 Å². The Morgan fingerprint density at radius 3 is 2.37 bits per heavy atom. The molecule has 0 fully saturated rings. The first-order chi connectivity index (χ1) is 19.8. The Morgan fingerprint density at radius 1 is 1.02 bits per heavy atom. The number of fused-ring (bicyclic) bond motifs is 2. The fraction of sp³-hybridized carbons (Fsp3) is 0.333. The Hall–Kier alpha value is -4.14. The van der Waals surface area contributed by atoms with Crippen LogP contribution in [0.15, 0.2) is 54.6 Å². The molecule has 8 nitrogen and oxygen atoms in total. The second-order valence-electron chi connectivity index (χ2n) is 10.7. The van der Waals surface area contributed by atoms with E-state index in [2.05, 4.69) is 41.9 Å². The molecule has 1 unspecified atom stereocenters. The maximum atomic E-state index is 12.7. The van der Waals surface area contributed by atoms with E-state index in [-0.39, 0.29) is 11.8 Å². The maximum absolute atomic E-state index is 12.7. The van der Waals surface area contributed by atoms with Crippen LogP contribution in [0.2, 0.25) is 0 Å². The monoisotopic (exact) mass is 555 g/mol. The third-order valence-corrected chi connectivity index (χ3v) is 8.13. The number of aryl methyl sites for hydroxylation is 2. The molecule has 214 valence electrons. The van der Waals surface area contributed by atoms with Crippen molar-refractivity contribution in [3.05, 3.63) is 99.1 Å². The van der Waals surface area contributed by atoms with Gasteiger partial charge in [0.25, 0.3) is 5.91 Å². The molecule has 0 spiro atoms. The summed E-state index contributed by atoms with van der Waals surface area (Å²) in [6.45, 7) is 4.29. The number of nitrogens with one attached hydrogen (secondary N) is 3. The quantitative estimate of drug-likeness (QED) is 0.206. The minimum absolute atomic E-state index is 0.0377. The molecule has 6 N–H and O–H groups in total. The van der Waals surface area contributed by atoms with Crippen molar-refractivity contribution in [1.82, 2.24) is 10.6 Å². The van der Waals surface area contributed by atoms with Crippen LogP contribution in [0.4, 0.5) is 5.69 Å². The lowest BCUT2D eigenvalue weighted by molar-refractivity contribution is -0.135. The van der Waals surface area contributed by atoms with Crippen molar-refractivity contribution in [2.24, 2.45) is 0 Å². The molecule has 2 atom stereocenters. The minimum Gasteiger partial charge on any atom is -0.506 e. The molecule has 41 heavy (non-hydrogen) atoms. The molecule has 2 aliphatic rings. The Kier molecular flexibility index (Phi) is 8.42. The summed E-state index contributed by atoms with van der Waals surface area (Å²) in [5.74, 6) is -1.58. The smallest absolute Gasteiger partial charge is 0.322 e. The number of aliphatic hydroxyl groups is 1. The van der Waals surface area contributed by atoms with E-state index in [9.17, 15) is 19.8 Å². The molecule has 1 aliphatic carbocycles. The molecular formula is C33H37N3O5. The Bertz CT molecular complexity index is 1470. The number of rotatable bonds is 10. The van der Waals surface area contributed by atoms with Gasteiger partial charge in [-0.2, -0.15) is 0 Å². The molecule has 0 radical (unpaired) electrons. The van der Waals surface area contributed by atoms with Crippen LogP contribution in [-0.4, -0.2) is 46.3 Å². The van der Waals surface area contributed by atoms with Crippen LogP contribution in [0.1, 0.15) is 75.3 Å². The molecule has 8 heteroatoms. The van der Waals surface area contributed by atoms with Crippen molar-refractivity contribution in [2.45, 2.75) is 57.7 Å². The predicted octanol–water partition coefficient (Wildman–Crippen LogP) is 4.30. The van der Waals surface area contributed by atoms with Crippen LogP contribution >= 0.6 is 0 Å². The fourth-order valence-corrected chi connectivity index (χ4v) is 6.01. The third kappa shape index (κ3) is 5.99. The van der Waals surface area contributed by atoms with Gasteiger partial charge in [0.1, 0.15) is 12.3 Å². The number of phenolic OH excluding ortho intramolecular Hbond substituents is 1. The van der Waals surface area contributed by atoms with Crippen LogP contribution in [-0.2, 0) is 30.5 Å². The van der Waals surface area contributed by atoms with E-state index in [1.54, 1.807) is 36.4 Å². The summed E-state index contributed by atoms with van der Waals surface area (Å²) in [5.41, 5.74) is 8.47. The van der Waals surface area contributed by atoms with E-state index in [1.165, 1.54) is 22.3 Å². The van der Waals surface area contributed by atoms with Gasteiger partial charge < -0.3 is 31.3 Å². The lowest BCUT2D eigenvalue weighted by atomic mass is 9.92. The van der Waals surface area contributed by atoms with Crippen LogP contribution in [0.25, 0.3) is 6.08 Å². The number of carboxylic acids is 1. The summed E-state index contributed by atoms with van der Waals surface area (Å²) < 4.78 is 0. The largest absolute Gasteiger partial charge is 0.506 e. The van der Waals surface area contributed by atoms with Gasteiger partial charge in [-0.3, -0.25) is 9.59 Å². The lowest BCUT2D eigenvalue weighted by Crippen LogP contribution is -2.33. The van der Waals surface area contributed by atoms with Crippen LogP contribution < -0.4 is 16.0 Å². The van der Waals surface area contributed by atoms with Gasteiger partial charge in [-0.25, -0.2) is 0 Å². The van der Waals surface area contributed by atoms with Crippen molar-refractivity contribution in [1.29, 1.82) is 0 Å². The molecule has 1 amide bonds. The molecule has 0 saturated carbocycles. The second-order valence-corrected chi connectivity index (χ2v) is 10.7. The first kappa shape index (κ1) is 28.4. The number of hydrogen-bond donors (Lipinski definition) is 6. The number of anilines is 1. The normalized spacial score (nSPS) is 16.5. The molecular weight excluding hydrogens is 518 g/mol. The highest BCUT2D eigenvalue weighted by Crippen LogP contribution is 2.40. The first-order valence-corrected chi connectivity index (χ1v) is 14.2. The van der Waals surface area contributed by atoms with Crippen molar-refractivity contribution >= 4 is 23.6 Å². The van der Waals surface area contributed by atoms with Crippen molar-refractivity contribution in [3.63, 3.8) is 0 Å². The zero-order chi connectivity index (χ0) is 29.1. The van der Waals surface area contributed by atoms with E-state index in [1.807, 2.05) is 12.2 Å². The average Bonchev–Trinajstić information content (AvgIpc) is 3.39. The lowest BCUT2D eigenvalue weighted by Gasteiger charge is -2.28. The number of hydrogen-bond acceptors (Lipinski definition) is 6. The van der Waals surface area contributed by atoms with Gasteiger partial charge in [-0.1, -0.05) is 62.4 Å². The standard InChI is InChI=1S/C33H37N3O5/c1-3-19-13-21-15-23(16-22(21)14-20(19)4-2)34-17-30(38)25-10-12-29(37)32-26(25)9-11-28(36-32)24-7-5-6-8-27(24)33(41)35-18-31(39)40/h5-14,23,28,30,34,36-38H,3-4,15-18H2,1-2H3,(H,35,41)(H,39,40)/t28-,30?/m1/s1. The van der Waals surface area contributed by atoms with E-state index >= 15 is 0 Å². The number of aromatic hydroxyl groups is 1. The molecule has 5 rings (SSSR count). The summed E-state index contributed by atoms with van der Waals surface area (Å²) in [5, 5.41) is 40.1. The van der Waals surface area contributed by atoms with E-state index in [0.717, 1.165) is 25.7 Å². The van der Waals surface area contributed by atoms with Crippen LogP contribution in [0.3, 0.4) is 0 Å². The average molecular weight is 556 g/mol. The number of amides is 1. The van der Waals surface area contributed by atoms with Gasteiger partial charge >= 0.3 is 5.97 Å². The van der Waals surface area contributed by atoms with Gasteiger partial charge in [0, 0.05) is 23.7 Å². The summed E-state index contributed by atoms with van der Waals surface area (Å²) in [4.78, 5) is 23.6. The Balaban J connectivity index is 1.29. The molecule has 1 aliphatic heterocycles. The van der Waals surface area contributed by atoms with Crippen LogP contribution in [0, 0.1) is 0 Å². The zero-order valence-electron chi connectivity index (χ0n) is 23.4. The predicted molar refractivity (Wildman–Crippen MR) is 159 cm³/mol. The molecule has 1 heterocycles. The topological polar surface area (TPSA) is 131 Å². The highest BCUT2D eigenvalue weighted by molar-refractivity contribution is 5.97.